The number of carbonyl (C=O) groups excluding carboxylic acids is 1. The minimum absolute atomic E-state index is 0.0446. The van der Waals surface area contributed by atoms with Crippen LogP contribution < -0.4 is 10.6 Å². The molecule has 1 aromatic carbocycles. The van der Waals surface area contributed by atoms with Crippen molar-refractivity contribution in [2.45, 2.75) is 44.1 Å². The third-order valence-corrected chi connectivity index (χ3v) is 6.56. The zero-order valence-electron chi connectivity index (χ0n) is 18.7. The smallest absolute Gasteiger partial charge is 0.343 e. The van der Waals surface area contributed by atoms with Gasteiger partial charge in [0.25, 0.3) is 0 Å². The van der Waals surface area contributed by atoms with Crippen molar-refractivity contribution in [1.29, 1.82) is 0 Å². The summed E-state index contributed by atoms with van der Waals surface area (Å²) in [7, 11) is 1.93. The second-order valence-electron chi connectivity index (χ2n) is 8.80. The van der Waals surface area contributed by atoms with Crippen LogP contribution in [0.15, 0.2) is 24.4 Å². The second kappa shape index (κ2) is 9.53. The quantitative estimate of drug-likeness (QED) is 0.625. The van der Waals surface area contributed by atoms with Gasteiger partial charge >= 0.3 is 12.2 Å². The standard InChI is InChI=1S/C22H25ClF4N6O/c1-12(22(25,26)27)29-20-28-8-14-5-6-33(11-18(14)30-20)21(34)31-19-10-32(2)9-15(19)13-3-4-16(23)17(24)7-13/h3-4,7-8,12,15,19H,5-6,9-11H2,1-2H3,(H,31,34)(H,28,29,30)/t12-,15-,19?/m0/s1. The van der Waals surface area contributed by atoms with Gasteiger partial charge in [0.15, 0.2) is 0 Å². The summed E-state index contributed by atoms with van der Waals surface area (Å²) in [6.07, 6.45) is -2.43. The maximum absolute atomic E-state index is 14.0. The first-order valence-corrected chi connectivity index (χ1v) is 11.3. The Morgan fingerprint density at radius 2 is 2.06 bits per heavy atom. The number of carbonyl (C=O) groups is 1. The van der Waals surface area contributed by atoms with Crippen LogP contribution in [0.3, 0.4) is 0 Å². The molecule has 4 rings (SSSR count). The van der Waals surface area contributed by atoms with Crippen LogP contribution in [0, 0.1) is 5.82 Å². The Morgan fingerprint density at radius 3 is 2.76 bits per heavy atom. The first-order chi connectivity index (χ1) is 16.0. The topological polar surface area (TPSA) is 73.4 Å². The number of rotatable bonds is 4. The van der Waals surface area contributed by atoms with E-state index in [0.717, 1.165) is 18.1 Å². The molecule has 184 valence electrons. The van der Waals surface area contributed by atoms with E-state index in [0.29, 0.717) is 31.7 Å². The number of hydrogen-bond acceptors (Lipinski definition) is 5. The molecule has 2 amide bonds. The number of nitrogens with one attached hydrogen (secondary N) is 2. The molecule has 1 fully saturated rings. The number of aromatic nitrogens is 2. The molecule has 7 nitrogen and oxygen atoms in total. The molecule has 3 atom stereocenters. The van der Waals surface area contributed by atoms with Crippen molar-refractivity contribution in [3.8, 4) is 0 Å². The van der Waals surface area contributed by atoms with Gasteiger partial charge in [0.2, 0.25) is 5.95 Å². The van der Waals surface area contributed by atoms with Crippen molar-refractivity contribution in [3.05, 3.63) is 52.1 Å². The van der Waals surface area contributed by atoms with Gasteiger partial charge in [-0.15, -0.1) is 0 Å². The molecule has 0 aliphatic carbocycles. The van der Waals surface area contributed by atoms with Crippen LogP contribution in [0.2, 0.25) is 5.02 Å². The first kappa shape index (κ1) is 24.5. The van der Waals surface area contributed by atoms with E-state index in [9.17, 15) is 22.4 Å². The van der Waals surface area contributed by atoms with Crippen molar-refractivity contribution in [2.75, 3.05) is 32.0 Å². The van der Waals surface area contributed by atoms with Gasteiger partial charge in [-0.25, -0.2) is 19.2 Å². The fourth-order valence-electron chi connectivity index (χ4n) is 4.30. The molecule has 0 saturated carbocycles. The zero-order chi connectivity index (χ0) is 24.6. The normalized spacial score (nSPS) is 21.8. The molecule has 0 radical (unpaired) electrons. The number of hydrogen-bond donors (Lipinski definition) is 2. The number of alkyl halides is 3. The monoisotopic (exact) mass is 500 g/mol. The molecular formula is C22H25ClF4N6O. The molecule has 1 aromatic heterocycles. The third-order valence-electron chi connectivity index (χ3n) is 6.25. The highest BCUT2D eigenvalue weighted by molar-refractivity contribution is 6.30. The lowest BCUT2D eigenvalue weighted by molar-refractivity contribution is -0.138. The molecule has 1 unspecified atom stereocenters. The van der Waals surface area contributed by atoms with Crippen LogP contribution in [-0.2, 0) is 13.0 Å². The average molecular weight is 501 g/mol. The molecule has 34 heavy (non-hydrogen) atoms. The van der Waals surface area contributed by atoms with E-state index in [1.165, 1.54) is 18.3 Å². The van der Waals surface area contributed by atoms with E-state index in [1.807, 2.05) is 7.05 Å². The van der Waals surface area contributed by atoms with E-state index >= 15 is 0 Å². The van der Waals surface area contributed by atoms with E-state index in [-0.39, 0.29) is 35.5 Å². The number of halogens is 5. The maximum Gasteiger partial charge on any atom is 0.408 e. The minimum Gasteiger partial charge on any atom is -0.343 e. The molecule has 2 aliphatic heterocycles. The Morgan fingerprint density at radius 1 is 1.29 bits per heavy atom. The third kappa shape index (κ3) is 5.35. The number of amides is 2. The summed E-state index contributed by atoms with van der Waals surface area (Å²) < 4.78 is 52.6. The van der Waals surface area contributed by atoms with Crippen molar-refractivity contribution >= 4 is 23.6 Å². The largest absolute Gasteiger partial charge is 0.408 e. The summed E-state index contributed by atoms with van der Waals surface area (Å²) >= 11 is 5.81. The fraction of sp³-hybridized carbons (Fsp3) is 0.500. The second-order valence-corrected chi connectivity index (χ2v) is 9.21. The van der Waals surface area contributed by atoms with Crippen molar-refractivity contribution in [3.63, 3.8) is 0 Å². The Hall–Kier alpha value is -2.66. The summed E-state index contributed by atoms with van der Waals surface area (Å²) in [5, 5.41) is 5.35. The molecule has 2 aromatic rings. The molecular weight excluding hydrogens is 476 g/mol. The predicted octanol–water partition coefficient (Wildman–Crippen LogP) is 3.80. The molecule has 2 N–H and O–H groups in total. The van der Waals surface area contributed by atoms with E-state index in [2.05, 4.69) is 25.5 Å². The van der Waals surface area contributed by atoms with Gasteiger partial charge in [0.05, 0.1) is 23.3 Å². The van der Waals surface area contributed by atoms with Gasteiger partial charge in [-0.05, 0) is 43.7 Å². The number of benzene rings is 1. The highest BCUT2D eigenvalue weighted by Gasteiger charge is 2.37. The van der Waals surface area contributed by atoms with Crippen LogP contribution in [0.1, 0.15) is 29.7 Å². The molecule has 2 aliphatic rings. The van der Waals surface area contributed by atoms with E-state index in [4.69, 9.17) is 11.6 Å². The highest BCUT2D eigenvalue weighted by Crippen LogP contribution is 2.30. The SMILES string of the molecule is C[C@H](Nc1ncc2c(n1)CN(C(=O)NC1CN(C)C[C@H]1c1ccc(Cl)c(F)c1)CC2)C(F)(F)F. The maximum atomic E-state index is 14.0. The van der Waals surface area contributed by atoms with Crippen molar-refractivity contribution in [1.82, 2.24) is 25.1 Å². The summed E-state index contributed by atoms with van der Waals surface area (Å²) in [6.45, 7) is 2.81. The minimum atomic E-state index is -4.43. The Bertz CT molecular complexity index is 1070. The fourth-order valence-corrected chi connectivity index (χ4v) is 4.42. The summed E-state index contributed by atoms with van der Waals surface area (Å²) in [5.41, 5.74) is 2.06. The Balaban J connectivity index is 1.44. The Kier molecular flexibility index (Phi) is 6.86. The number of likely N-dealkylation sites (tertiary alicyclic amines) is 1. The van der Waals surface area contributed by atoms with E-state index in [1.54, 1.807) is 11.0 Å². The Labute approximate surface area is 199 Å². The number of likely N-dealkylation sites (N-methyl/N-ethyl adjacent to an activating group) is 1. The van der Waals surface area contributed by atoms with E-state index < -0.39 is 18.0 Å². The van der Waals surface area contributed by atoms with Gasteiger partial charge in [-0.2, -0.15) is 13.2 Å². The molecule has 0 spiro atoms. The molecule has 3 heterocycles. The first-order valence-electron chi connectivity index (χ1n) is 10.9. The lowest BCUT2D eigenvalue weighted by atomic mass is 9.94. The van der Waals surface area contributed by atoms with Gasteiger partial charge in [-0.3, -0.25) is 0 Å². The van der Waals surface area contributed by atoms with Crippen molar-refractivity contribution < 1.29 is 22.4 Å². The van der Waals surface area contributed by atoms with Gasteiger partial charge in [0.1, 0.15) is 11.9 Å². The van der Waals surface area contributed by atoms with Crippen LogP contribution in [0.4, 0.5) is 28.3 Å². The van der Waals surface area contributed by atoms with Crippen LogP contribution >= 0.6 is 11.6 Å². The van der Waals surface area contributed by atoms with Crippen LogP contribution in [0.25, 0.3) is 0 Å². The lowest BCUT2D eigenvalue weighted by Gasteiger charge is -2.30. The zero-order valence-corrected chi connectivity index (χ0v) is 19.4. The van der Waals surface area contributed by atoms with Gasteiger partial charge in [0, 0.05) is 31.7 Å². The lowest BCUT2D eigenvalue weighted by Crippen LogP contribution is -2.49. The summed E-state index contributed by atoms with van der Waals surface area (Å²) in [5.74, 6) is -0.747. The molecule has 0 bridgehead atoms. The van der Waals surface area contributed by atoms with Crippen molar-refractivity contribution in [2.24, 2.45) is 0 Å². The summed E-state index contributed by atoms with van der Waals surface area (Å²) in [6, 6.07) is 2.32. The van der Waals surface area contributed by atoms with Crippen LogP contribution in [0.5, 0.6) is 0 Å². The van der Waals surface area contributed by atoms with Gasteiger partial charge in [-0.1, -0.05) is 17.7 Å². The molecule has 1 saturated heterocycles. The van der Waals surface area contributed by atoms with Gasteiger partial charge < -0.3 is 20.4 Å². The average Bonchev–Trinajstić information content (AvgIpc) is 3.14. The van der Waals surface area contributed by atoms with Crippen LogP contribution in [-0.4, -0.2) is 70.7 Å². The number of anilines is 1. The summed E-state index contributed by atoms with van der Waals surface area (Å²) in [4.78, 5) is 24.9. The molecule has 12 heteroatoms. The predicted molar refractivity (Wildman–Crippen MR) is 119 cm³/mol. The number of urea groups is 1. The highest BCUT2D eigenvalue weighted by atomic mass is 35.5. The number of nitrogens with zero attached hydrogens (tertiary/aromatic N) is 4. The number of fused-ring (bicyclic) bond motifs is 1.